The van der Waals surface area contributed by atoms with Gasteiger partial charge < -0.3 is 17.1 Å². The van der Waals surface area contributed by atoms with E-state index in [1.807, 2.05) is 0 Å². The Labute approximate surface area is 166 Å². The Morgan fingerprint density at radius 1 is 0.846 bits per heavy atom. The van der Waals surface area contributed by atoms with Crippen LogP contribution in [0.5, 0.6) is 0 Å². The van der Waals surface area contributed by atoms with E-state index in [-0.39, 0.29) is 12.4 Å². The molecule has 26 heavy (non-hydrogen) atoms. The fourth-order valence-electron chi connectivity index (χ4n) is 3.35. The van der Waals surface area contributed by atoms with Crippen molar-refractivity contribution in [1.29, 1.82) is 0 Å². The lowest BCUT2D eigenvalue weighted by molar-refractivity contribution is -0.710. The van der Waals surface area contributed by atoms with E-state index in [0.29, 0.717) is 6.73 Å². The predicted molar refractivity (Wildman–Crippen MR) is 106 cm³/mol. The van der Waals surface area contributed by atoms with Crippen LogP contribution in [0.1, 0.15) is 78.1 Å². The molecule has 0 fully saturated rings. The van der Waals surface area contributed by atoms with Gasteiger partial charge in [-0.25, -0.2) is 9.13 Å². The molecule has 0 bridgehead atoms. The number of unbranched alkanes of at least 4 members (excludes halogenated alkanes) is 8. The van der Waals surface area contributed by atoms with Crippen molar-refractivity contribution < 1.29 is 21.7 Å². The number of benzene rings is 1. The number of imidazole rings is 1. The van der Waals surface area contributed by atoms with Crippen molar-refractivity contribution in [2.75, 3.05) is 6.61 Å². The summed E-state index contributed by atoms with van der Waals surface area (Å²) in [7, 11) is 0. The smallest absolute Gasteiger partial charge is 0.246 e. The van der Waals surface area contributed by atoms with Crippen molar-refractivity contribution in [1.82, 2.24) is 4.57 Å². The molecule has 0 saturated carbocycles. The molecular formula is C22H37ClN2O. The fourth-order valence-corrected chi connectivity index (χ4v) is 3.35. The second-order valence-electron chi connectivity index (χ2n) is 7.13. The van der Waals surface area contributed by atoms with Gasteiger partial charge in [0.1, 0.15) is 0 Å². The predicted octanol–water partition coefficient (Wildman–Crippen LogP) is 2.85. The molecule has 0 aliphatic rings. The Bertz CT molecular complexity index is 597. The number of aromatic nitrogens is 2. The Balaban J connectivity index is 0.00000338. The lowest BCUT2D eigenvalue weighted by Gasteiger charge is -2.03. The molecule has 148 valence electrons. The van der Waals surface area contributed by atoms with Crippen molar-refractivity contribution in [3.05, 3.63) is 30.6 Å². The first-order valence-electron chi connectivity index (χ1n) is 10.4. The van der Waals surface area contributed by atoms with Crippen molar-refractivity contribution in [3.8, 4) is 0 Å². The minimum Gasteiger partial charge on any atom is -1.00 e. The molecule has 1 aromatic heterocycles. The molecule has 0 amide bonds. The molecule has 1 heterocycles. The normalized spacial score (nSPS) is 11.0. The van der Waals surface area contributed by atoms with Crippen LogP contribution >= 0.6 is 0 Å². The Hall–Kier alpha value is -1.06. The van der Waals surface area contributed by atoms with Gasteiger partial charge in [0, 0.05) is 0 Å². The lowest BCUT2D eigenvalue weighted by Crippen LogP contribution is -3.00. The summed E-state index contributed by atoms with van der Waals surface area (Å²) < 4.78 is 10.5. The number of ether oxygens (including phenoxy) is 1. The third-order valence-corrected chi connectivity index (χ3v) is 4.90. The first-order valence-corrected chi connectivity index (χ1v) is 10.4. The van der Waals surface area contributed by atoms with Crippen molar-refractivity contribution in [2.45, 2.75) is 91.3 Å². The van der Waals surface area contributed by atoms with Crippen LogP contribution in [0.15, 0.2) is 30.6 Å². The average Bonchev–Trinajstić information content (AvgIpc) is 2.99. The number of para-hydroxylation sites is 2. The van der Waals surface area contributed by atoms with Gasteiger partial charge in [-0.2, -0.15) is 0 Å². The first-order chi connectivity index (χ1) is 12.4. The average molecular weight is 381 g/mol. The monoisotopic (exact) mass is 380 g/mol. The van der Waals surface area contributed by atoms with Crippen molar-refractivity contribution in [3.63, 3.8) is 0 Å². The molecular weight excluding hydrogens is 344 g/mol. The SMILES string of the molecule is CCCCCCCCCCOC[n+]1cn(CCCC)c2ccccc21.[Cl-]. The van der Waals surface area contributed by atoms with Crippen LogP contribution in [-0.2, 0) is 18.0 Å². The molecule has 1 aromatic carbocycles. The number of aryl methyl sites for hydroxylation is 1. The van der Waals surface area contributed by atoms with Crippen LogP contribution < -0.4 is 17.0 Å². The van der Waals surface area contributed by atoms with Gasteiger partial charge in [-0.1, -0.05) is 77.3 Å². The van der Waals surface area contributed by atoms with Crippen LogP contribution in [0, 0.1) is 0 Å². The van der Waals surface area contributed by atoms with E-state index in [0.717, 1.165) is 13.2 Å². The summed E-state index contributed by atoms with van der Waals surface area (Å²) in [6, 6.07) is 8.63. The van der Waals surface area contributed by atoms with Crippen LogP contribution in [0.4, 0.5) is 0 Å². The second-order valence-corrected chi connectivity index (χ2v) is 7.13. The van der Waals surface area contributed by atoms with E-state index >= 15 is 0 Å². The van der Waals surface area contributed by atoms with E-state index < -0.39 is 0 Å². The third-order valence-electron chi connectivity index (χ3n) is 4.90. The summed E-state index contributed by atoms with van der Waals surface area (Å²) in [6.45, 7) is 7.14. The summed E-state index contributed by atoms with van der Waals surface area (Å²) in [5.41, 5.74) is 2.58. The molecule has 4 heteroatoms. The Morgan fingerprint density at radius 3 is 2.23 bits per heavy atom. The molecule has 0 N–H and O–H groups in total. The maximum Gasteiger partial charge on any atom is 0.246 e. The highest BCUT2D eigenvalue weighted by molar-refractivity contribution is 5.71. The fraction of sp³-hybridized carbons (Fsp3) is 0.682. The van der Waals surface area contributed by atoms with Gasteiger partial charge in [0.05, 0.1) is 13.2 Å². The molecule has 3 nitrogen and oxygen atoms in total. The van der Waals surface area contributed by atoms with Crippen LogP contribution in [0.25, 0.3) is 11.0 Å². The van der Waals surface area contributed by atoms with Crippen LogP contribution in [-0.4, -0.2) is 11.2 Å². The summed E-state index contributed by atoms with van der Waals surface area (Å²) in [4.78, 5) is 0. The number of fused-ring (bicyclic) bond motifs is 1. The van der Waals surface area contributed by atoms with Crippen LogP contribution in [0.2, 0.25) is 0 Å². The number of nitrogens with zero attached hydrogens (tertiary/aromatic N) is 2. The molecule has 0 atom stereocenters. The zero-order chi connectivity index (χ0) is 17.7. The molecule has 0 saturated heterocycles. The van der Waals surface area contributed by atoms with Gasteiger partial charge in [-0.15, -0.1) is 0 Å². The maximum absolute atomic E-state index is 5.94. The minimum absolute atomic E-state index is 0. The molecule has 0 aliphatic carbocycles. The van der Waals surface area contributed by atoms with Gasteiger partial charge in [-0.3, -0.25) is 0 Å². The molecule has 2 rings (SSSR count). The summed E-state index contributed by atoms with van der Waals surface area (Å²) >= 11 is 0. The highest BCUT2D eigenvalue weighted by atomic mass is 35.5. The second kappa shape index (κ2) is 14.1. The van der Waals surface area contributed by atoms with Crippen molar-refractivity contribution in [2.24, 2.45) is 0 Å². The van der Waals surface area contributed by atoms with E-state index in [1.165, 1.54) is 75.2 Å². The van der Waals surface area contributed by atoms with E-state index in [2.05, 4.69) is 53.6 Å². The molecule has 0 aliphatic heterocycles. The van der Waals surface area contributed by atoms with Gasteiger partial charge in [0.2, 0.25) is 6.33 Å². The molecule has 0 spiro atoms. The Kier molecular flexibility index (Phi) is 12.4. The van der Waals surface area contributed by atoms with E-state index in [4.69, 9.17) is 4.74 Å². The molecule has 0 unspecified atom stereocenters. The number of rotatable bonds is 14. The quantitative estimate of drug-likeness (QED) is 0.364. The summed E-state index contributed by atoms with van der Waals surface area (Å²) in [5.74, 6) is 0. The standard InChI is InChI=1S/C22H37N2O.ClH/c1-3-5-7-8-9-10-11-14-18-25-20-24-19-23(17-6-4-2)21-15-12-13-16-22(21)24;/h12-13,15-16,19H,3-11,14,17-18,20H2,1-2H3;1H/q+1;/p-1. The van der Waals surface area contributed by atoms with Gasteiger partial charge >= 0.3 is 0 Å². The highest BCUT2D eigenvalue weighted by Crippen LogP contribution is 2.12. The van der Waals surface area contributed by atoms with Crippen LogP contribution in [0.3, 0.4) is 0 Å². The topological polar surface area (TPSA) is 18.0 Å². The van der Waals surface area contributed by atoms with Crippen molar-refractivity contribution >= 4 is 11.0 Å². The third kappa shape index (κ3) is 7.67. The maximum atomic E-state index is 5.94. The molecule has 2 aromatic rings. The van der Waals surface area contributed by atoms with Gasteiger partial charge in [-0.05, 0) is 25.0 Å². The number of halogens is 1. The number of hydrogen-bond acceptors (Lipinski definition) is 1. The van der Waals surface area contributed by atoms with Gasteiger partial charge in [0.15, 0.2) is 17.8 Å². The zero-order valence-electron chi connectivity index (χ0n) is 16.8. The largest absolute Gasteiger partial charge is 1.00 e. The highest BCUT2D eigenvalue weighted by Gasteiger charge is 2.14. The first kappa shape index (κ1) is 23.0. The summed E-state index contributed by atoms with van der Waals surface area (Å²) in [6.07, 6.45) is 15.4. The van der Waals surface area contributed by atoms with E-state index in [1.54, 1.807) is 0 Å². The number of hydrogen-bond donors (Lipinski definition) is 0. The Morgan fingerprint density at radius 2 is 1.50 bits per heavy atom. The lowest BCUT2D eigenvalue weighted by atomic mass is 10.1. The zero-order valence-corrected chi connectivity index (χ0v) is 17.5. The van der Waals surface area contributed by atoms with E-state index in [9.17, 15) is 0 Å². The van der Waals surface area contributed by atoms with Gasteiger partial charge in [0.25, 0.3) is 0 Å². The minimum atomic E-state index is 0. The summed E-state index contributed by atoms with van der Waals surface area (Å²) in [5, 5.41) is 0. The molecule has 0 radical (unpaired) electrons.